The fourth-order valence-electron chi connectivity index (χ4n) is 1.25. The van der Waals surface area contributed by atoms with Gasteiger partial charge < -0.3 is 20.1 Å². The van der Waals surface area contributed by atoms with Crippen LogP contribution in [-0.4, -0.2) is 48.8 Å². The van der Waals surface area contributed by atoms with Gasteiger partial charge in [0.2, 0.25) is 0 Å². The Morgan fingerprint density at radius 3 is 1.75 bits per heavy atom. The summed E-state index contributed by atoms with van der Waals surface area (Å²) in [5.74, 6) is 0.777. The lowest BCUT2D eigenvalue weighted by Crippen LogP contribution is -2.25. The third-order valence-corrected chi connectivity index (χ3v) is 6.08. The molecule has 0 aliphatic carbocycles. The minimum Gasteiger partial charge on any atom is -0.344 e. The van der Waals surface area contributed by atoms with Gasteiger partial charge in [0.25, 0.3) is 0 Å². The van der Waals surface area contributed by atoms with Crippen LogP contribution in [0.1, 0.15) is 34.6 Å². The molecule has 8 heteroatoms. The lowest BCUT2D eigenvalue weighted by atomic mass is 10.5. The van der Waals surface area contributed by atoms with Gasteiger partial charge in [0.15, 0.2) is 0 Å². The van der Waals surface area contributed by atoms with Gasteiger partial charge in [-0.3, -0.25) is 0 Å². The summed E-state index contributed by atoms with van der Waals surface area (Å²) in [6.07, 6.45) is 0. The fraction of sp³-hybridized carbons (Fsp3) is 1.00. The van der Waals surface area contributed by atoms with Crippen LogP contribution in [0.2, 0.25) is 0 Å². The van der Waals surface area contributed by atoms with Crippen molar-refractivity contribution in [2.45, 2.75) is 34.6 Å². The molecule has 0 aromatic carbocycles. The zero-order valence-corrected chi connectivity index (χ0v) is 16.9. The molecule has 5 nitrogen and oxygen atoms in total. The summed E-state index contributed by atoms with van der Waals surface area (Å²) >= 11 is 4.45. The van der Waals surface area contributed by atoms with Crippen LogP contribution in [0.5, 0.6) is 0 Å². The maximum atomic E-state index is 12.1. The van der Waals surface area contributed by atoms with Gasteiger partial charge >= 0.3 is 6.80 Å². The van der Waals surface area contributed by atoms with E-state index in [-0.39, 0.29) is 6.15 Å². The first-order valence-corrected chi connectivity index (χ1v) is 11.1. The highest BCUT2D eigenvalue weighted by molar-refractivity contribution is 9.09. The average Bonchev–Trinajstić information content (AvgIpc) is 2.36. The minimum atomic E-state index is -2.91. The zero-order chi connectivity index (χ0) is 15.1. The average molecular weight is 395 g/mol. The maximum absolute atomic E-state index is 12.1. The minimum absolute atomic E-state index is 0. The van der Waals surface area contributed by atoms with E-state index in [2.05, 4.69) is 34.7 Å². The van der Waals surface area contributed by atoms with Crippen molar-refractivity contribution >= 4 is 34.1 Å². The van der Waals surface area contributed by atoms with Crippen molar-refractivity contribution in [1.82, 2.24) is 11.1 Å². The summed E-state index contributed by atoms with van der Waals surface area (Å²) in [6.45, 7) is 10.9. The van der Waals surface area contributed by atoms with Crippen LogP contribution in [0, 0.1) is 0 Å². The van der Waals surface area contributed by atoms with Crippen molar-refractivity contribution in [3.63, 3.8) is 0 Å². The van der Waals surface area contributed by atoms with Crippen molar-refractivity contribution < 1.29 is 13.6 Å². The van der Waals surface area contributed by atoms with Gasteiger partial charge in [-0.05, 0) is 38.3 Å². The highest BCUT2D eigenvalue weighted by Gasteiger charge is 2.24. The summed E-state index contributed by atoms with van der Waals surface area (Å²) in [7, 11) is 0. The van der Waals surface area contributed by atoms with Crippen molar-refractivity contribution in [2.75, 3.05) is 43.9 Å². The monoisotopic (exact) mass is 394 g/mol. The SMILES string of the molecule is CCBr.CCOP(=O)(OCC)SCCN(CC)CC.N. The second-order valence-corrected chi connectivity index (χ2v) is 8.73. The van der Waals surface area contributed by atoms with Crippen LogP contribution in [0.3, 0.4) is 0 Å². The van der Waals surface area contributed by atoms with Gasteiger partial charge in [-0.1, -0.05) is 36.7 Å². The van der Waals surface area contributed by atoms with Gasteiger partial charge in [-0.2, -0.15) is 0 Å². The Morgan fingerprint density at radius 2 is 1.45 bits per heavy atom. The number of hydrogen-bond acceptors (Lipinski definition) is 6. The van der Waals surface area contributed by atoms with Crippen LogP contribution in [0.15, 0.2) is 0 Å². The van der Waals surface area contributed by atoms with E-state index in [1.165, 1.54) is 11.4 Å². The quantitative estimate of drug-likeness (QED) is 0.423. The molecular weight excluding hydrogens is 363 g/mol. The summed E-state index contributed by atoms with van der Waals surface area (Å²) in [4.78, 5) is 2.29. The second-order valence-electron chi connectivity index (χ2n) is 3.41. The molecule has 0 fully saturated rings. The number of nitrogens with zero attached hydrogens (tertiary/aromatic N) is 1. The molecule has 20 heavy (non-hydrogen) atoms. The molecule has 0 unspecified atom stereocenters. The van der Waals surface area contributed by atoms with Gasteiger partial charge in [0, 0.05) is 17.6 Å². The van der Waals surface area contributed by atoms with E-state index in [9.17, 15) is 4.57 Å². The summed E-state index contributed by atoms with van der Waals surface area (Å²) in [6, 6.07) is 0. The van der Waals surface area contributed by atoms with Crippen molar-refractivity contribution in [1.29, 1.82) is 0 Å². The van der Waals surface area contributed by atoms with E-state index >= 15 is 0 Å². The third kappa shape index (κ3) is 15.3. The molecule has 0 aromatic rings. The Balaban J connectivity index is -0.000000657. The number of alkyl halides is 1. The normalized spacial score (nSPS) is 10.8. The molecular formula is C12H32BrN2O3PS. The molecule has 126 valence electrons. The Kier molecular flexibility index (Phi) is 23.2. The molecule has 0 bridgehead atoms. The van der Waals surface area contributed by atoms with Crippen LogP contribution in [-0.2, 0) is 13.6 Å². The Labute approximate surface area is 137 Å². The largest absolute Gasteiger partial charge is 0.389 e. The first-order chi connectivity index (χ1) is 9.03. The molecule has 0 saturated carbocycles. The van der Waals surface area contributed by atoms with Crippen LogP contribution < -0.4 is 6.15 Å². The standard InChI is InChI=1S/C10H24NO3PS.C2H5Br.H3N/c1-5-11(6-2)9-10-16-15(12,13-7-3)14-8-4;1-2-3;/h5-10H2,1-4H3;2H2,1H3;1H3. The first-order valence-electron chi connectivity index (χ1n) is 6.85. The molecule has 0 heterocycles. The van der Waals surface area contributed by atoms with E-state index in [0.29, 0.717) is 13.2 Å². The first kappa shape index (κ1) is 25.8. The van der Waals surface area contributed by atoms with Gasteiger partial charge in [-0.25, -0.2) is 4.57 Å². The highest BCUT2D eigenvalue weighted by atomic mass is 79.9. The number of halogens is 1. The molecule has 0 radical (unpaired) electrons. The fourth-order valence-corrected chi connectivity index (χ4v) is 4.66. The Morgan fingerprint density at radius 1 is 1.05 bits per heavy atom. The Bertz CT molecular complexity index is 225. The van der Waals surface area contributed by atoms with Crippen molar-refractivity contribution in [3.8, 4) is 0 Å². The van der Waals surface area contributed by atoms with E-state index in [1.54, 1.807) is 0 Å². The van der Waals surface area contributed by atoms with E-state index < -0.39 is 6.80 Å². The second kappa shape index (κ2) is 18.0. The lowest BCUT2D eigenvalue weighted by molar-refractivity contribution is 0.236. The van der Waals surface area contributed by atoms with Gasteiger partial charge in [-0.15, -0.1) is 0 Å². The molecule has 0 aliphatic heterocycles. The smallest absolute Gasteiger partial charge is 0.344 e. The number of hydrogen-bond donors (Lipinski definition) is 1. The van der Waals surface area contributed by atoms with Crippen molar-refractivity contribution in [3.05, 3.63) is 0 Å². The molecule has 0 rings (SSSR count). The maximum Gasteiger partial charge on any atom is 0.389 e. The Hall–Kier alpha value is 0.900. The predicted molar refractivity (Wildman–Crippen MR) is 95.6 cm³/mol. The van der Waals surface area contributed by atoms with Crippen LogP contribution in [0.25, 0.3) is 0 Å². The molecule has 0 amide bonds. The van der Waals surface area contributed by atoms with Crippen LogP contribution >= 0.6 is 34.1 Å². The van der Waals surface area contributed by atoms with Crippen LogP contribution in [0.4, 0.5) is 0 Å². The predicted octanol–water partition coefficient (Wildman–Crippen LogP) is 4.81. The molecule has 0 atom stereocenters. The molecule has 0 aromatic heterocycles. The molecule has 0 aliphatic rings. The van der Waals surface area contributed by atoms with Crippen molar-refractivity contribution in [2.24, 2.45) is 0 Å². The zero-order valence-electron chi connectivity index (χ0n) is 13.6. The third-order valence-electron chi connectivity index (χ3n) is 2.13. The number of rotatable bonds is 10. The summed E-state index contributed by atoms with van der Waals surface area (Å²) in [5, 5.41) is 1.06. The summed E-state index contributed by atoms with van der Waals surface area (Å²) < 4.78 is 22.5. The molecule has 0 saturated heterocycles. The lowest BCUT2D eigenvalue weighted by Gasteiger charge is -2.20. The van der Waals surface area contributed by atoms with Gasteiger partial charge in [0.1, 0.15) is 0 Å². The van der Waals surface area contributed by atoms with E-state index in [1.807, 2.05) is 20.8 Å². The molecule has 0 spiro atoms. The van der Waals surface area contributed by atoms with E-state index in [0.717, 1.165) is 30.7 Å². The molecule has 3 N–H and O–H groups in total. The highest BCUT2D eigenvalue weighted by Crippen LogP contribution is 2.60. The van der Waals surface area contributed by atoms with E-state index in [4.69, 9.17) is 9.05 Å². The van der Waals surface area contributed by atoms with Gasteiger partial charge in [0.05, 0.1) is 13.2 Å². The summed E-state index contributed by atoms with van der Waals surface area (Å²) in [5.41, 5.74) is 0. The topological polar surface area (TPSA) is 73.8 Å².